The van der Waals surface area contributed by atoms with E-state index in [2.05, 4.69) is 9.62 Å². The second-order valence-electron chi connectivity index (χ2n) is 6.47. The van der Waals surface area contributed by atoms with Crippen molar-refractivity contribution in [1.29, 1.82) is 0 Å². The van der Waals surface area contributed by atoms with Crippen LogP contribution >= 0.6 is 12.4 Å². The lowest BCUT2D eigenvalue weighted by Crippen LogP contribution is -2.39. The second kappa shape index (κ2) is 7.38. The molecule has 3 rings (SSSR count). The van der Waals surface area contributed by atoms with Gasteiger partial charge in [0.2, 0.25) is 10.0 Å². The number of nitrogens with two attached hydrogens (primary N) is 1. The Kier molecular flexibility index (Phi) is 5.94. The van der Waals surface area contributed by atoms with Crippen LogP contribution in [-0.4, -0.2) is 34.6 Å². The molecule has 3 N–H and O–H groups in total. The van der Waals surface area contributed by atoms with E-state index >= 15 is 0 Å². The molecule has 1 aliphatic carbocycles. The highest BCUT2D eigenvalue weighted by atomic mass is 35.5. The summed E-state index contributed by atoms with van der Waals surface area (Å²) in [4.78, 5) is 2.50. The monoisotopic (exact) mass is 359 g/mol. The molecule has 0 bridgehead atoms. The number of halogens is 1. The number of benzene rings is 1. The van der Waals surface area contributed by atoms with Crippen LogP contribution in [0.15, 0.2) is 23.1 Å². The predicted octanol–water partition coefficient (Wildman–Crippen LogP) is 1.90. The zero-order chi connectivity index (χ0) is 15.7. The van der Waals surface area contributed by atoms with E-state index in [0.717, 1.165) is 44.3 Å². The lowest BCUT2D eigenvalue weighted by molar-refractivity contribution is 0.453. The summed E-state index contributed by atoms with van der Waals surface area (Å²) in [6.45, 7) is 1.52. The highest BCUT2D eigenvalue weighted by molar-refractivity contribution is 7.89. The molecule has 0 amide bonds. The van der Waals surface area contributed by atoms with E-state index < -0.39 is 10.0 Å². The van der Waals surface area contributed by atoms with Crippen molar-refractivity contribution in [3.63, 3.8) is 0 Å². The van der Waals surface area contributed by atoms with Crippen LogP contribution in [0.5, 0.6) is 0 Å². The molecule has 2 aliphatic rings. The number of rotatable bonds is 4. The van der Waals surface area contributed by atoms with Gasteiger partial charge in [-0.25, -0.2) is 13.1 Å². The first-order valence-electron chi connectivity index (χ1n) is 8.08. The molecule has 1 aliphatic heterocycles. The molecule has 0 radical (unpaired) electrons. The van der Waals surface area contributed by atoms with E-state index in [1.165, 1.54) is 5.56 Å². The highest BCUT2D eigenvalue weighted by Crippen LogP contribution is 2.30. The molecule has 0 saturated heterocycles. The fourth-order valence-electron chi connectivity index (χ4n) is 3.65. The molecule has 2 atom stereocenters. The fourth-order valence-corrected chi connectivity index (χ4v) is 5.01. The predicted molar refractivity (Wildman–Crippen MR) is 95.8 cm³/mol. The molecular weight excluding hydrogens is 334 g/mol. The van der Waals surface area contributed by atoms with Crippen LogP contribution in [-0.2, 0) is 16.4 Å². The Morgan fingerprint density at radius 2 is 2.09 bits per heavy atom. The summed E-state index contributed by atoms with van der Waals surface area (Å²) in [5.74, 6) is 0.259. The summed E-state index contributed by atoms with van der Waals surface area (Å²) in [7, 11) is -1.46. The van der Waals surface area contributed by atoms with E-state index in [0.29, 0.717) is 11.4 Å². The average Bonchev–Trinajstić information content (AvgIpc) is 2.94. The number of hydrogen-bond acceptors (Lipinski definition) is 4. The zero-order valence-corrected chi connectivity index (χ0v) is 15.1. The molecule has 1 saturated carbocycles. The topological polar surface area (TPSA) is 75.4 Å². The van der Waals surface area contributed by atoms with Crippen LogP contribution < -0.4 is 15.4 Å². The molecule has 7 heteroatoms. The van der Waals surface area contributed by atoms with Gasteiger partial charge in [-0.1, -0.05) is 12.5 Å². The summed E-state index contributed by atoms with van der Waals surface area (Å²) >= 11 is 0. The Morgan fingerprint density at radius 1 is 1.30 bits per heavy atom. The Bertz CT molecular complexity index is 651. The molecule has 1 aromatic carbocycles. The largest absolute Gasteiger partial charge is 0.374 e. The molecule has 23 heavy (non-hydrogen) atoms. The number of aryl methyl sites for hydroxylation is 1. The average molecular weight is 360 g/mol. The third-order valence-electron chi connectivity index (χ3n) is 4.99. The minimum Gasteiger partial charge on any atom is -0.374 e. The number of sulfonamides is 1. The third kappa shape index (κ3) is 3.82. The van der Waals surface area contributed by atoms with Crippen molar-refractivity contribution in [2.24, 2.45) is 11.7 Å². The van der Waals surface area contributed by atoms with Crippen LogP contribution in [0.4, 0.5) is 5.69 Å². The van der Waals surface area contributed by atoms with Crippen molar-refractivity contribution < 1.29 is 8.42 Å². The molecule has 2 unspecified atom stereocenters. The van der Waals surface area contributed by atoms with Crippen molar-refractivity contribution in [3.05, 3.63) is 23.8 Å². The van der Waals surface area contributed by atoms with Gasteiger partial charge in [0.15, 0.2) is 0 Å². The standard InChI is InChI=1S/C16H25N3O2S.ClH/c1-19-9-3-5-12-7-8-14(10-16(12)19)22(20,21)18-15-6-2-4-13(15)11-17;/h7-8,10,13,15,18H,2-6,9,11,17H2,1H3;1H. The van der Waals surface area contributed by atoms with Crippen molar-refractivity contribution in [2.45, 2.75) is 43.0 Å². The number of nitrogens with one attached hydrogen (secondary N) is 1. The summed E-state index contributed by atoms with van der Waals surface area (Å²) in [6.07, 6.45) is 5.07. The Hall–Kier alpha value is -0.820. The maximum absolute atomic E-state index is 12.7. The number of anilines is 1. The van der Waals surface area contributed by atoms with Gasteiger partial charge in [0.25, 0.3) is 0 Å². The van der Waals surface area contributed by atoms with Crippen molar-refractivity contribution in [1.82, 2.24) is 4.72 Å². The molecule has 0 aromatic heterocycles. The van der Waals surface area contributed by atoms with Gasteiger partial charge in [0, 0.05) is 25.3 Å². The number of hydrogen-bond donors (Lipinski definition) is 2. The summed E-state index contributed by atoms with van der Waals surface area (Å²) in [6, 6.07) is 5.47. The molecular formula is C16H26ClN3O2S. The maximum Gasteiger partial charge on any atom is 0.240 e. The van der Waals surface area contributed by atoms with Crippen LogP contribution in [0, 0.1) is 5.92 Å². The minimum atomic E-state index is -3.48. The number of nitrogens with zero attached hydrogens (tertiary/aromatic N) is 1. The van der Waals surface area contributed by atoms with E-state index in [9.17, 15) is 8.42 Å². The quantitative estimate of drug-likeness (QED) is 0.860. The first-order valence-corrected chi connectivity index (χ1v) is 9.56. The molecule has 1 aromatic rings. The Morgan fingerprint density at radius 3 is 2.83 bits per heavy atom. The first kappa shape index (κ1) is 18.5. The Labute approximate surface area is 145 Å². The third-order valence-corrected chi connectivity index (χ3v) is 6.47. The van der Waals surface area contributed by atoms with Crippen LogP contribution in [0.25, 0.3) is 0 Å². The van der Waals surface area contributed by atoms with Gasteiger partial charge >= 0.3 is 0 Å². The lowest BCUT2D eigenvalue weighted by Gasteiger charge is -2.28. The first-order chi connectivity index (χ1) is 10.5. The normalized spacial score (nSPS) is 24.2. The van der Waals surface area contributed by atoms with Gasteiger partial charge in [0.1, 0.15) is 0 Å². The summed E-state index contributed by atoms with van der Waals surface area (Å²) in [5, 5.41) is 0. The van der Waals surface area contributed by atoms with E-state index in [-0.39, 0.29) is 24.4 Å². The lowest BCUT2D eigenvalue weighted by atomic mass is 10.0. The second-order valence-corrected chi connectivity index (χ2v) is 8.18. The molecule has 130 valence electrons. The summed E-state index contributed by atoms with van der Waals surface area (Å²) in [5.41, 5.74) is 8.02. The van der Waals surface area contributed by atoms with Gasteiger partial charge in [-0.2, -0.15) is 0 Å². The van der Waals surface area contributed by atoms with E-state index in [1.54, 1.807) is 6.07 Å². The SMILES string of the molecule is CN1CCCc2ccc(S(=O)(=O)NC3CCCC3CN)cc21.Cl. The van der Waals surface area contributed by atoms with Crippen molar-refractivity contribution in [2.75, 3.05) is 25.0 Å². The van der Waals surface area contributed by atoms with Crippen LogP contribution in [0.2, 0.25) is 0 Å². The molecule has 1 fully saturated rings. The van der Waals surface area contributed by atoms with Crippen molar-refractivity contribution >= 4 is 28.1 Å². The van der Waals surface area contributed by atoms with Gasteiger partial charge in [-0.05, 0) is 55.8 Å². The Balaban J connectivity index is 0.00000192. The van der Waals surface area contributed by atoms with Gasteiger partial charge in [-0.15, -0.1) is 12.4 Å². The van der Waals surface area contributed by atoms with E-state index in [1.807, 2.05) is 19.2 Å². The zero-order valence-electron chi connectivity index (χ0n) is 13.5. The minimum absolute atomic E-state index is 0. The maximum atomic E-state index is 12.7. The molecule has 0 spiro atoms. The molecule has 5 nitrogen and oxygen atoms in total. The van der Waals surface area contributed by atoms with Crippen LogP contribution in [0.1, 0.15) is 31.2 Å². The smallest absolute Gasteiger partial charge is 0.240 e. The van der Waals surface area contributed by atoms with Crippen LogP contribution in [0.3, 0.4) is 0 Å². The van der Waals surface area contributed by atoms with Gasteiger partial charge in [0.05, 0.1) is 4.90 Å². The highest BCUT2D eigenvalue weighted by Gasteiger charge is 2.30. The van der Waals surface area contributed by atoms with Gasteiger partial charge < -0.3 is 10.6 Å². The van der Waals surface area contributed by atoms with Gasteiger partial charge in [-0.3, -0.25) is 0 Å². The van der Waals surface area contributed by atoms with E-state index in [4.69, 9.17) is 5.73 Å². The fraction of sp³-hybridized carbons (Fsp3) is 0.625. The summed E-state index contributed by atoms with van der Waals surface area (Å²) < 4.78 is 28.2. The van der Waals surface area contributed by atoms with Crippen molar-refractivity contribution in [3.8, 4) is 0 Å². The molecule has 1 heterocycles. The number of fused-ring (bicyclic) bond motifs is 1.